The second-order valence-electron chi connectivity index (χ2n) is 7.20. The van der Waals surface area contributed by atoms with Crippen LogP contribution in [0.1, 0.15) is 37.0 Å². The minimum Gasteiger partial charge on any atom is -0.380 e. The molecule has 0 spiro atoms. The van der Waals surface area contributed by atoms with E-state index in [-0.39, 0.29) is 6.04 Å². The average Bonchev–Trinajstić information content (AvgIpc) is 3.36. The third-order valence-electron chi connectivity index (χ3n) is 5.40. The van der Waals surface area contributed by atoms with Crippen LogP contribution in [-0.4, -0.2) is 53.6 Å². The molecule has 0 bridgehead atoms. The monoisotopic (exact) mass is 497 g/mol. The fourth-order valence-electron chi connectivity index (χ4n) is 4.21. The maximum Gasteiger partial charge on any atom is 0.252 e. The number of rotatable bonds is 4. The minimum absolute atomic E-state index is 0.171. The van der Waals surface area contributed by atoms with Gasteiger partial charge in [-0.1, -0.05) is 13.8 Å². The lowest BCUT2D eigenvalue weighted by molar-refractivity contribution is 0.100. The van der Waals surface area contributed by atoms with E-state index in [1.54, 1.807) is 8.82 Å². The Morgan fingerprint density at radius 1 is 1.27 bits per heavy atom. The molecule has 4 rings (SSSR count). The van der Waals surface area contributed by atoms with Crippen molar-refractivity contribution < 1.29 is 13.2 Å². The fraction of sp³-hybridized carbons (Fsp3) is 0.500. The van der Waals surface area contributed by atoms with Crippen LogP contribution >= 0.6 is 15.9 Å². The number of hydrogen-bond donors (Lipinski definition) is 2. The van der Waals surface area contributed by atoms with Crippen molar-refractivity contribution in [3.05, 3.63) is 28.5 Å². The number of carbonyl (C=O) groups excluding carboxylic acids is 1. The number of nitrogens with one attached hydrogen (secondary N) is 1. The highest BCUT2D eigenvalue weighted by atomic mass is 79.9. The molecule has 1 aliphatic carbocycles. The van der Waals surface area contributed by atoms with Crippen LogP contribution in [0.25, 0.3) is 5.52 Å². The Labute approximate surface area is 186 Å². The van der Waals surface area contributed by atoms with Gasteiger partial charge in [-0.25, -0.2) is 17.2 Å². The third kappa shape index (κ3) is 4.96. The predicted octanol–water partition coefficient (Wildman–Crippen LogP) is 2.55. The zero-order chi connectivity index (χ0) is 22.6. The number of primary amides is 1. The molecule has 0 aromatic carbocycles. The van der Waals surface area contributed by atoms with Gasteiger partial charge in [0.2, 0.25) is 10.0 Å². The van der Waals surface area contributed by atoms with Gasteiger partial charge in [-0.05, 0) is 46.7 Å². The number of fused-ring (bicyclic) bond motifs is 2. The van der Waals surface area contributed by atoms with E-state index in [0.717, 1.165) is 22.8 Å². The van der Waals surface area contributed by atoms with E-state index < -0.39 is 15.9 Å². The first-order valence-corrected chi connectivity index (χ1v) is 12.4. The molecular formula is C20H28BrN5O3S. The van der Waals surface area contributed by atoms with Gasteiger partial charge in [0.05, 0.1) is 29.2 Å². The first kappa shape index (κ1) is 24.2. The van der Waals surface area contributed by atoms with Crippen molar-refractivity contribution in [2.24, 2.45) is 17.6 Å². The van der Waals surface area contributed by atoms with Crippen LogP contribution in [0.3, 0.4) is 0 Å². The van der Waals surface area contributed by atoms with Gasteiger partial charge in [0.25, 0.3) is 5.91 Å². The number of amides is 1. The Morgan fingerprint density at radius 3 is 2.33 bits per heavy atom. The summed E-state index contributed by atoms with van der Waals surface area (Å²) in [6.45, 7) is 5.15. The number of nitrogens with zero attached hydrogens (tertiary/aromatic N) is 3. The molecule has 30 heavy (non-hydrogen) atoms. The molecule has 3 N–H and O–H groups in total. The summed E-state index contributed by atoms with van der Waals surface area (Å²) in [7, 11) is -3.13. The largest absolute Gasteiger partial charge is 0.380 e. The Hall–Kier alpha value is -2.09. The highest BCUT2D eigenvalue weighted by Crippen LogP contribution is 2.40. The molecule has 2 aromatic heterocycles. The van der Waals surface area contributed by atoms with E-state index in [2.05, 4.69) is 39.2 Å². The molecule has 1 saturated carbocycles. The van der Waals surface area contributed by atoms with Crippen molar-refractivity contribution in [1.82, 2.24) is 13.9 Å². The molecular weight excluding hydrogens is 470 g/mol. The number of nitrogens with two attached hydrogens (primary N) is 1. The Morgan fingerprint density at radius 2 is 1.83 bits per heavy atom. The highest BCUT2D eigenvalue weighted by Gasteiger charge is 2.43. The van der Waals surface area contributed by atoms with Crippen molar-refractivity contribution in [2.75, 3.05) is 24.7 Å². The Bertz CT molecular complexity index is 1020. The lowest BCUT2D eigenvalue weighted by atomic mass is 10.0. The van der Waals surface area contributed by atoms with Gasteiger partial charge in [-0.15, -0.1) is 12.8 Å². The number of sulfonamides is 1. The summed E-state index contributed by atoms with van der Waals surface area (Å²) in [5.41, 5.74) is 7.35. The van der Waals surface area contributed by atoms with E-state index in [0.29, 0.717) is 36.2 Å². The molecule has 2 unspecified atom stereocenters. The lowest BCUT2D eigenvalue weighted by Crippen LogP contribution is -2.30. The summed E-state index contributed by atoms with van der Waals surface area (Å²) < 4.78 is 27.6. The number of halogens is 1. The van der Waals surface area contributed by atoms with Crippen LogP contribution in [-0.2, 0) is 10.0 Å². The average molecular weight is 498 g/mol. The molecule has 2 aliphatic rings. The first-order chi connectivity index (χ1) is 14.2. The van der Waals surface area contributed by atoms with E-state index in [1.165, 1.54) is 12.5 Å². The lowest BCUT2D eigenvalue weighted by Gasteiger charge is -2.20. The second-order valence-corrected chi connectivity index (χ2v) is 10.1. The molecule has 3 heterocycles. The van der Waals surface area contributed by atoms with Gasteiger partial charge in [-0.2, -0.15) is 5.10 Å². The molecule has 164 valence electrons. The van der Waals surface area contributed by atoms with Crippen LogP contribution in [0.5, 0.6) is 0 Å². The summed E-state index contributed by atoms with van der Waals surface area (Å²) in [5, 5.41) is 7.70. The SMILES string of the molecule is C#C.CC.CS(=O)(=O)N1CC2CC(Nc3c(C(N)=O)cnn4cc(Br)cc34)CC2C1. The topological polar surface area (TPSA) is 110 Å². The zero-order valence-electron chi connectivity index (χ0n) is 17.4. The summed E-state index contributed by atoms with van der Waals surface area (Å²) in [4.78, 5) is 11.8. The van der Waals surface area contributed by atoms with Crippen molar-refractivity contribution in [3.63, 3.8) is 0 Å². The van der Waals surface area contributed by atoms with Gasteiger partial charge in [0, 0.05) is 29.8 Å². The van der Waals surface area contributed by atoms with Gasteiger partial charge in [-0.3, -0.25) is 4.79 Å². The van der Waals surface area contributed by atoms with Crippen molar-refractivity contribution >= 4 is 43.1 Å². The van der Waals surface area contributed by atoms with E-state index in [9.17, 15) is 13.2 Å². The summed E-state index contributed by atoms with van der Waals surface area (Å²) >= 11 is 3.43. The first-order valence-electron chi connectivity index (χ1n) is 9.74. The number of anilines is 1. The number of aromatic nitrogens is 2. The van der Waals surface area contributed by atoms with Crippen LogP contribution in [0.15, 0.2) is 22.9 Å². The van der Waals surface area contributed by atoms with Gasteiger partial charge in [0.15, 0.2) is 0 Å². The van der Waals surface area contributed by atoms with Crippen LogP contribution in [0, 0.1) is 24.7 Å². The standard InChI is InChI=1S/C16H20BrN5O3S.C2H6.C2H2/c1-26(24,25)21-6-9-2-12(3-10(9)7-21)20-15-13(16(18)23)5-19-22-8-11(17)4-14(15)22;2*1-2/h4-5,8-10,12,20H,2-3,6-7H2,1H3,(H2,18,23);1-2H3;1-2H. The van der Waals surface area contributed by atoms with E-state index in [1.807, 2.05) is 26.1 Å². The van der Waals surface area contributed by atoms with Crippen molar-refractivity contribution in [1.29, 1.82) is 0 Å². The summed E-state index contributed by atoms with van der Waals surface area (Å²) in [5.74, 6) is 0.160. The molecule has 2 aromatic rings. The summed E-state index contributed by atoms with van der Waals surface area (Å²) in [6.07, 6.45) is 14.3. The molecule has 8 nitrogen and oxygen atoms in total. The minimum atomic E-state index is -3.13. The molecule has 1 saturated heterocycles. The number of hydrogen-bond acceptors (Lipinski definition) is 5. The van der Waals surface area contributed by atoms with Gasteiger partial charge in [0.1, 0.15) is 0 Å². The van der Waals surface area contributed by atoms with Crippen LogP contribution in [0.4, 0.5) is 5.69 Å². The normalized spacial score (nSPS) is 23.1. The van der Waals surface area contributed by atoms with E-state index in [4.69, 9.17) is 5.73 Å². The number of terminal acetylenes is 1. The van der Waals surface area contributed by atoms with Crippen molar-refractivity contribution in [3.8, 4) is 12.8 Å². The maximum absolute atomic E-state index is 11.8. The maximum atomic E-state index is 11.8. The quantitative estimate of drug-likeness (QED) is 0.630. The van der Waals surface area contributed by atoms with E-state index >= 15 is 0 Å². The summed E-state index contributed by atoms with van der Waals surface area (Å²) in [6, 6.07) is 2.06. The molecule has 1 amide bonds. The zero-order valence-corrected chi connectivity index (χ0v) is 19.8. The third-order valence-corrected chi connectivity index (χ3v) is 7.07. The fourth-order valence-corrected chi connectivity index (χ4v) is 5.55. The molecule has 2 atom stereocenters. The molecule has 2 fully saturated rings. The van der Waals surface area contributed by atoms with Crippen LogP contribution in [0.2, 0.25) is 0 Å². The molecule has 0 radical (unpaired) electrons. The molecule has 10 heteroatoms. The Kier molecular flexibility index (Phi) is 7.91. The Balaban J connectivity index is 0.000000757. The van der Waals surface area contributed by atoms with Crippen molar-refractivity contribution in [2.45, 2.75) is 32.7 Å². The highest BCUT2D eigenvalue weighted by molar-refractivity contribution is 9.10. The van der Waals surface area contributed by atoms with Gasteiger partial charge < -0.3 is 11.1 Å². The second kappa shape index (κ2) is 9.81. The van der Waals surface area contributed by atoms with Crippen LogP contribution < -0.4 is 11.1 Å². The number of carbonyl (C=O) groups is 1. The van der Waals surface area contributed by atoms with Gasteiger partial charge >= 0.3 is 0 Å². The molecule has 1 aliphatic heterocycles. The smallest absolute Gasteiger partial charge is 0.252 e. The predicted molar refractivity (Wildman–Crippen MR) is 123 cm³/mol.